The van der Waals surface area contributed by atoms with Gasteiger partial charge in [-0.25, -0.2) is 4.79 Å². The fourth-order valence-electron chi connectivity index (χ4n) is 4.21. The molecule has 0 unspecified atom stereocenters. The minimum Gasteiger partial charge on any atom is -0.297 e. The molecule has 4 atom stereocenters. The molecule has 19 heavy (non-hydrogen) atoms. The highest BCUT2D eigenvalue weighted by Crippen LogP contribution is 2.53. The third-order valence-electron chi connectivity index (χ3n) is 4.43. The normalized spacial score (nSPS) is 38.9. The van der Waals surface area contributed by atoms with Crippen molar-refractivity contribution in [2.24, 2.45) is 23.2 Å². The van der Waals surface area contributed by atoms with E-state index in [9.17, 15) is 4.79 Å². The number of carbonyl (C=O) groups is 1. The fraction of sp³-hybridized carbons (Fsp3) is 0.938. The molecule has 0 heterocycles. The van der Waals surface area contributed by atoms with E-state index in [2.05, 4.69) is 13.8 Å². The summed E-state index contributed by atoms with van der Waals surface area (Å²) in [5, 5.41) is 0. The molecule has 0 radical (unpaired) electrons. The number of fused-ring (bicyclic) bond motifs is 2. The Bertz CT molecular complexity index is 323. The first-order valence-corrected chi connectivity index (χ1v) is 7.60. The number of hydrogen-bond donors (Lipinski definition) is 0. The second-order valence-electron chi connectivity index (χ2n) is 8.01. The Labute approximate surface area is 117 Å². The summed E-state index contributed by atoms with van der Waals surface area (Å²) in [6, 6.07) is 0. The van der Waals surface area contributed by atoms with Crippen LogP contribution in [0.25, 0.3) is 0 Å². The van der Waals surface area contributed by atoms with Gasteiger partial charge >= 0.3 is 5.97 Å². The first kappa shape index (κ1) is 14.8. The van der Waals surface area contributed by atoms with Crippen molar-refractivity contribution in [2.45, 2.75) is 72.3 Å². The van der Waals surface area contributed by atoms with Crippen molar-refractivity contribution in [3.05, 3.63) is 0 Å². The Balaban J connectivity index is 2.08. The molecule has 0 aromatic heterocycles. The topological polar surface area (TPSA) is 35.5 Å². The summed E-state index contributed by atoms with van der Waals surface area (Å²) in [4.78, 5) is 23.0. The van der Waals surface area contributed by atoms with Gasteiger partial charge in [-0.3, -0.25) is 4.89 Å². The first-order chi connectivity index (χ1) is 8.70. The molecule has 2 aliphatic carbocycles. The van der Waals surface area contributed by atoms with Crippen LogP contribution < -0.4 is 0 Å². The summed E-state index contributed by atoms with van der Waals surface area (Å²) in [5.41, 5.74) is -0.725. The standard InChI is InChI=1S/C16H28O3/c1-11-6-13-7-12(2)9-16(8-11,10-13)14(17)18-19-15(3,4)5/h11-13H,6-10H2,1-5H3/t11-,12+,13-,16-. The second-order valence-corrected chi connectivity index (χ2v) is 8.01. The molecule has 0 aromatic rings. The van der Waals surface area contributed by atoms with Crippen LogP contribution in [0.3, 0.4) is 0 Å². The molecule has 3 nitrogen and oxygen atoms in total. The van der Waals surface area contributed by atoms with Gasteiger partial charge in [0.2, 0.25) is 0 Å². The van der Waals surface area contributed by atoms with Gasteiger partial charge in [0.15, 0.2) is 0 Å². The van der Waals surface area contributed by atoms with Crippen molar-refractivity contribution in [3.8, 4) is 0 Å². The molecule has 0 aromatic carbocycles. The number of hydrogen-bond acceptors (Lipinski definition) is 3. The van der Waals surface area contributed by atoms with Gasteiger partial charge < -0.3 is 0 Å². The minimum atomic E-state index is -0.438. The second kappa shape index (κ2) is 5.08. The Morgan fingerprint density at radius 2 is 1.58 bits per heavy atom. The quantitative estimate of drug-likeness (QED) is 0.558. The van der Waals surface area contributed by atoms with Crippen LogP contribution in [-0.4, -0.2) is 11.6 Å². The van der Waals surface area contributed by atoms with E-state index in [0.717, 1.165) is 19.3 Å². The van der Waals surface area contributed by atoms with E-state index in [1.54, 1.807) is 0 Å². The molecule has 0 saturated heterocycles. The van der Waals surface area contributed by atoms with Crippen LogP contribution in [0.1, 0.15) is 66.7 Å². The monoisotopic (exact) mass is 268 g/mol. The molecule has 3 heteroatoms. The maximum atomic E-state index is 12.5. The number of rotatable bonds is 2. The molecule has 0 aliphatic heterocycles. The molecule has 0 spiro atoms. The van der Waals surface area contributed by atoms with Crippen molar-refractivity contribution in [1.82, 2.24) is 0 Å². The van der Waals surface area contributed by atoms with Crippen molar-refractivity contribution >= 4 is 5.97 Å². The van der Waals surface area contributed by atoms with E-state index in [1.165, 1.54) is 12.8 Å². The summed E-state index contributed by atoms with van der Waals surface area (Å²) in [6.45, 7) is 10.2. The van der Waals surface area contributed by atoms with E-state index in [-0.39, 0.29) is 11.4 Å². The molecule has 0 N–H and O–H groups in total. The molecular weight excluding hydrogens is 240 g/mol. The van der Waals surface area contributed by atoms with Gasteiger partial charge in [0.1, 0.15) is 5.60 Å². The highest BCUT2D eigenvalue weighted by Gasteiger charge is 2.50. The summed E-state index contributed by atoms with van der Waals surface area (Å²) in [5.74, 6) is 1.79. The van der Waals surface area contributed by atoms with Gasteiger partial charge in [-0.2, -0.15) is 4.89 Å². The van der Waals surface area contributed by atoms with Crippen LogP contribution in [0.4, 0.5) is 0 Å². The molecule has 2 bridgehead atoms. The third-order valence-corrected chi connectivity index (χ3v) is 4.43. The largest absolute Gasteiger partial charge is 0.348 e. The fourth-order valence-corrected chi connectivity index (χ4v) is 4.21. The summed E-state index contributed by atoms with van der Waals surface area (Å²) in [7, 11) is 0. The van der Waals surface area contributed by atoms with E-state index in [0.29, 0.717) is 17.8 Å². The first-order valence-electron chi connectivity index (χ1n) is 7.60. The zero-order chi connectivity index (χ0) is 14.3. The average Bonchev–Trinajstić information content (AvgIpc) is 2.22. The van der Waals surface area contributed by atoms with Crippen LogP contribution in [0.2, 0.25) is 0 Å². The molecule has 2 rings (SSSR count). The minimum absolute atomic E-state index is 0.134. The zero-order valence-electron chi connectivity index (χ0n) is 13.0. The Kier molecular flexibility index (Phi) is 3.97. The smallest absolute Gasteiger partial charge is 0.297 e. The molecule has 110 valence electrons. The maximum absolute atomic E-state index is 12.5. The third kappa shape index (κ3) is 3.50. The van der Waals surface area contributed by atoms with Crippen LogP contribution in [0, 0.1) is 23.2 Å². The van der Waals surface area contributed by atoms with Gasteiger partial charge in [0.05, 0.1) is 5.41 Å². The Morgan fingerprint density at radius 3 is 2.05 bits per heavy atom. The van der Waals surface area contributed by atoms with Gasteiger partial charge in [0, 0.05) is 0 Å². The SMILES string of the molecule is C[C@@H]1C[C@@H]2C[C@H](C)C[C@](C(=O)OOC(C)(C)C)(C1)C2. The lowest BCUT2D eigenvalue weighted by Gasteiger charge is -2.47. The highest BCUT2D eigenvalue weighted by atomic mass is 17.2. The van der Waals surface area contributed by atoms with Crippen LogP contribution >= 0.6 is 0 Å². The maximum Gasteiger partial charge on any atom is 0.348 e. The predicted molar refractivity (Wildman–Crippen MR) is 74.3 cm³/mol. The lowest BCUT2D eigenvalue weighted by molar-refractivity contribution is -0.329. The van der Waals surface area contributed by atoms with Crippen molar-refractivity contribution < 1.29 is 14.6 Å². The number of carbonyl (C=O) groups excluding carboxylic acids is 1. The molecule has 2 fully saturated rings. The van der Waals surface area contributed by atoms with Crippen LogP contribution in [0.5, 0.6) is 0 Å². The lowest BCUT2D eigenvalue weighted by Crippen LogP contribution is -2.45. The molecular formula is C16H28O3. The Hall–Kier alpha value is -0.570. The zero-order valence-corrected chi connectivity index (χ0v) is 13.0. The predicted octanol–water partition coefficient (Wildman–Crippen LogP) is 4.11. The van der Waals surface area contributed by atoms with E-state index in [1.807, 2.05) is 20.8 Å². The van der Waals surface area contributed by atoms with Crippen LogP contribution in [0.15, 0.2) is 0 Å². The van der Waals surface area contributed by atoms with E-state index >= 15 is 0 Å². The summed E-state index contributed by atoms with van der Waals surface area (Å²) >= 11 is 0. The molecule has 2 saturated carbocycles. The van der Waals surface area contributed by atoms with Crippen molar-refractivity contribution in [2.75, 3.05) is 0 Å². The highest BCUT2D eigenvalue weighted by molar-refractivity contribution is 5.76. The van der Waals surface area contributed by atoms with Crippen LogP contribution in [-0.2, 0) is 14.6 Å². The lowest BCUT2D eigenvalue weighted by atomic mass is 9.57. The summed E-state index contributed by atoms with van der Waals surface area (Å²) < 4.78 is 0. The van der Waals surface area contributed by atoms with Crippen molar-refractivity contribution in [1.29, 1.82) is 0 Å². The summed E-state index contributed by atoms with van der Waals surface area (Å²) in [6.07, 6.45) is 5.44. The van der Waals surface area contributed by atoms with Gasteiger partial charge in [0.25, 0.3) is 0 Å². The average molecular weight is 268 g/mol. The van der Waals surface area contributed by atoms with Crippen molar-refractivity contribution in [3.63, 3.8) is 0 Å². The molecule has 0 amide bonds. The Morgan fingerprint density at radius 1 is 1.05 bits per heavy atom. The van der Waals surface area contributed by atoms with Gasteiger partial charge in [-0.1, -0.05) is 13.8 Å². The van der Waals surface area contributed by atoms with Gasteiger partial charge in [-0.15, -0.1) is 0 Å². The molecule has 2 aliphatic rings. The van der Waals surface area contributed by atoms with E-state index < -0.39 is 5.60 Å². The van der Waals surface area contributed by atoms with E-state index in [4.69, 9.17) is 9.78 Å². The van der Waals surface area contributed by atoms with Gasteiger partial charge in [-0.05, 0) is 70.6 Å².